The van der Waals surface area contributed by atoms with Gasteiger partial charge < -0.3 is 10.2 Å². The Morgan fingerprint density at radius 3 is 2.62 bits per heavy atom. The van der Waals surface area contributed by atoms with Gasteiger partial charge in [-0.25, -0.2) is 0 Å². The van der Waals surface area contributed by atoms with Crippen LogP contribution in [0.3, 0.4) is 0 Å². The Hall–Kier alpha value is -1.66. The molecule has 3 N–H and O–H groups in total. The van der Waals surface area contributed by atoms with Crippen LogP contribution in [0.15, 0.2) is 18.2 Å². The number of benzene rings is 1. The molecule has 0 spiro atoms. The van der Waals surface area contributed by atoms with E-state index in [4.69, 9.17) is 10.6 Å². The number of hydrazine groups is 1. The minimum Gasteiger partial charge on any atom is -0.377 e. The highest BCUT2D eigenvalue weighted by atomic mass is 16.6. The zero-order chi connectivity index (χ0) is 15.5. The summed E-state index contributed by atoms with van der Waals surface area (Å²) in [6.07, 6.45) is 7.30. The third-order valence-corrected chi connectivity index (χ3v) is 3.33. The van der Waals surface area contributed by atoms with E-state index in [1.807, 2.05) is 0 Å². The first kappa shape index (κ1) is 17.4. The third kappa shape index (κ3) is 6.55. The number of anilines is 1. The summed E-state index contributed by atoms with van der Waals surface area (Å²) in [4.78, 5) is 10.5. The first-order valence-corrected chi connectivity index (χ1v) is 7.50. The first-order valence-electron chi connectivity index (χ1n) is 7.50. The number of hydrogen-bond acceptors (Lipinski definition) is 5. The van der Waals surface area contributed by atoms with Gasteiger partial charge in [-0.3, -0.25) is 16.0 Å². The second kappa shape index (κ2) is 10.1. The SMILES string of the molecule is CCCCCCCCOCc1ccc(NN)c([N+](=O)[O-])c1. The molecule has 1 rings (SSSR count). The molecular weight excluding hydrogens is 270 g/mol. The van der Waals surface area contributed by atoms with E-state index >= 15 is 0 Å². The van der Waals surface area contributed by atoms with E-state index in [1.165, 1.54) is 38.2 Å². The number of unbranched alkanes of at least 4 members (excludes halogenated alkanes) is 5. The number of nitro benzene ring substituents is 1. The summed E-state index contributed by atoms with van der Waals surface area (Å²) < 4.78 is 5.56. The Morgan fingerprint density at radius 2 is 1.95 bits per heavy atom. The van der Waals surface area contributed by atoms with Crippen LogP contribution < -0.4 is 11.3 Å². The number of ether oxygens (including phenoxy) is 1. The predicted molar refractivity (Wildman–Crippen MR) is 83.9 cm³/mol. The number of nitrogens with two attached hydrogens (primary N) is 1. The lowest BCUT2D eigenvalue weighted by molar-refractivity contribution is -0.384. The molecule has 0 aliphatic rings. The molecule has 1 aromatic carbocycles. The lowest BCUT2D eigenvalue weighted by Gasteiger charge is -2.07. The number of nitrogen functional groups attached to an aromatic ring is 1. The van der Waals surface area contributed by atoms with Gasteiger partial charge in [0.25, 0.3) is 5.69 Å². The van der Waals surface area contributed by atoms with Gasteiger partial charge in [-0.1, -0.05) is 45.1 Å². The van der Waals surface area contributed by atoms with Gasteiger partial charge in [0, 0.05) is 12.7 Å². The minimum absolute atomic E-state index is 0.0295. The molecule has 1 aromatic rings. The number of nitrogens with one attached hydrogen (secondary N) is 1. The maximum atomic E-state index is 10.9. The second-order valence-electron chi connectivity index (χ2n) is 5.07. The largest absolute Gasteiger partial charge is 0.377 e. The second-order valence-corrected chi connectivity index (χ2v) is 5.07. The molecule has 21 heavy (non-hydrogen) atoms. The molecular formula is C15H25N3O3. The van der Waals surface area contributed by atoms with Crippen molar-refractivity contribution in [1.82, 2.24) is 0 Å². The average Bonchev–Trinajstić information content (AvgIpc) is 2.49. The van der Waals surface area contributed by atoms with Gasteiger partial charge in [-0.2, -0.15) is 0 Å². The van der Waals surface area contributed by atoms with E-state index in [0.29, 0.717) is 18.9 Å². The predicted octanol–water partition coefficient (Wildman–Crippen LogP) is 3.76. The molecule has 0 bridgehead atoms. The van der Waals surface area contributed by atoms with Crippen molar-refractivity contribution in [3.05, 3.63) is 33.9 Å². The molecule has 0 saturated carbocycles. The molecule has 118 valence electrons. The summed E-state index contributed by atoms with van der Waals surface area (Å²) in [5, 5.41) is 10.9. The molecule has 0 fully saturated rings. The number of nitro groups is 1. The molecule has 0 aliphatic carbocycles. The zero-order valence-electron chi connectivity index (χ0n) is 12.6. The Bertz CT molecular complexity index is 438. The Morgan fingerprint density at radius 1 is 1.24 bits per heavy atom. The van der Waals surface area contributed by atoms with E-state index in [-0.39, 0.29) is 5.69 Å². The summed E-state index contributed by atoms with van der Waals surface area (Å²) in [5.41, 5.74) is 3.38. The summed E-state index contributed by atoms with van der Waals surface area (Å²) in [6.45, 7) is 3.28. The lowest BCUT2D eigenvalue weighted by atomic mass is 10.1. The molecule has 0 atom stereocenters. The van der Waals surface area contributed by atoms with Gasteiger partial charge in [0.05, 0.1) is 11.5 Å². The molecule has 6 heteroatoms. The van der Waals surface area contributed by atoms with Crippen molar-refractivity contribution in [3.63, 3.8) is 0 Å². The van der Waals surface area contributed by atoms with Gasteiger partial charge in [0.1, 0.15) is 5.69 Å². The molecule has 6 nitrogen and oxygen atoms in total. The van der Waals surface area contributed by atoms with Crippen LogP contribution in [0, 0.1) is 10.1 Å². The van der Waals surface area contributed by atoms with E-state index in [0.717, 1.165) is 12.0 Å². The van der Waals surface area contributed by atoms with E-state index in [1.54, 1.807) is 12.1 Å². The third-order valence-electron chi connectivity index (χ3n) is 3.33. The molecule has 0 amide bonds. The topological polar surface area (TPSA) is 90.4 Å². The minimum atomic E-state index is -0.452. The van der Waals surface area contributed by atoms with Crippen LogP contribution in [0.4, 0.5) is 11.4 Å². The highest BCUT2D eigenvalue weighted by molar-refractivity contribution is 5.61. The van der Waals surface area contributed by atoms with Crippen LogP contribution in [0.1, 0.15) is 51.0 Å². The summed E-state index contributed by atoms with van der Waals surface area (Å²) >= 11 is 0. The Labute approximate surface area is 125 Å². The van der Waals surface area contributed by atoms with E-state index in [9.17, 15) is 10.1 Å². The van der Waals surface area contributed by atoms with E-state index < -0.39 is 4.92 Å². The fraction of sp³-hybridized carbons (Fsp3) is 0.600. The zero-order valence-corrected chi connectivity index (χ0v) is 12.6. The van der Waals surface area contributed by atoms with Crippen LogP contribution in [0.5, 0.6) is 0 Å². The fourth-order valence-electron chi connectivity index (χ4n) is 2.11. The van der Waals surface area contributed by atoms with Crippen molar-refractivity contribution in [2.24, 2.45) is 5.84 Å². The number of hydrogen-bond donors (Lipinski definition) is 2. The van der Waals surface area contributed by atoms with Crippen molar-refractivity contribution in [3.8, 4) is 0 Å². The first-order chi connectivity index (χ1) is 10.2. The summed E-state index contributed by atoms with van der Waals surface area (Å²) in [5.74, 6) is 5.24. The monoisotopic (exact) mass is 295 g/mol. The molecule has 0 radical (unpaired) electrons. The van der Waals surface area contributed by atoms with Crippen LogP contribution >= 0.6 is 0 Å². The Balaban J connectivity index is 2.29. The number of nitrogens with zero attached hydrogens (tertiary/aromatic N) is 1. The van der Waals surface area contributed by atoms with Crippen molar-refractivity contribution in [1.29, 1.82) is 0 Å². The van der Waals surface area contributed by atoms with Gasteiger partial charge in [-0.15, -0.1) is 0 Å². The van der Waals surface area contributed by atoms with E-state index in [2.05, 4.69) is 12.3 Å². The quantitative estimate of drug-likeness (QED) is 0.281. The average molecular weight is 295 g/mol. The van der Waals surface area contributed by atoms with Crippen LogP contribution in [-0.2, 0) is 11.3 Å². The van der Waals surface area contributed by atoms with Crippen LogP contribution in [0.25, 0.3) is 0 Å². The molecule has 0 aromatic heterocycles. The maximum Gasteiger partial charge on any atom is 0.294 e. The van der Waals surface area contributed by atoms with Crippen molar-refractivity contribution >= 4 is 11.4 Å². The lowest BCUT2D eigenvalue weighted by Crippen LogP contribution is -2.09. The highest BCUT2D eigenvalue weighted by Gasteiger charge is 2.13. The highest BCUT2D eigenvalue weighted by Crippen LogP contribution is 2.24. The summed E-state index contributed by atoms with van der Waals surface area (Å²) in [6, 6.07) is 4.88. The molecule has 0 aliphatic heterocycles. The smallest absolute Gasteiger partial charge is 0.294 e. The molecule has 0 heterocycles. The molecule has 0 unspecified atom stereocenters. The normalized spacial score (nSPS) is 10.6. The van der Waals surface area contributed by atoms with Gasteiger partial charge in [-0.05, 0) is 18.1 Å². The standard InChI is InChI=1S/C15H25N3O3/c1-2-3-4-5-6-7-10-21-12-13-8-9-14(17-16)15(11-13)18(19)20/h8-9,11,17H,2-7,10,12,16H2,1H3. The van der Waals surface area contributed by atoms with Crippen LogP contribution in [-0.4, -0.2) is 11.5 Å². The maximum absolute atomic E-state index is 10.9. The van der Waals surface area contributed by atoms with Gasteiger partial charge >= 0.3 is 0 Å². The van der Waals surface area contributed by atoms with Crippen molar-refractivity contribution in [2.75, 3.05) is 12.0 Å². The molecule has 0 saturated heterocycles. The van der Waals surface area contributed by atoms with Gasteiger partial charge in [0.2, 0.25) is 0 Å². The number of rotatable bonds is 11. The van der Waals surface area contributed by atoms with Crippen LogP contribution in [0.2, 0.25) is 0 Å². The fourth-order valence-corrected chi connectivity index (χ4v) is 2.11. The van der Waals surface area contributed by atoms with Gasteiger partial charge in [0.15, 0.2) is 0 Å². The Kier molecular flexibility index (Phi) is 8.38. The van der Waals surface area contributed by atoms with Crippen molar-refractivity contribution < 1.29 is 9.66 Å². The summed E-state index contributed by atoms with van der Waals surface area (Å²) in [7, 11) is 0. The van der Waals surface area contributed by atoms with Crippen molar-refractivity contribution in [2.45, 2.75) is 52.1 Å².